The molecule has 5 heteroatoms. The molecule has 0 aliphatic carbocycles. The Hall–Kier alpha value is -1.68. The Morgan fingerprint density at radius 3 is 2.81 bits per heavy atom. The number of rotatable bonds is 2. The summed E-state index contributed by atoms with van der Waals surface area (Å²) in [5.41, 5.74) is 0.507. The van der Waals surface area contributed by atoms with Crippen LogP contribution >= 0.6 is 11.6 Å². The lowest BCUT2D eigenvalue weighted by Gasteiger charge is -2.05. The molecule has 0 bridgehead atoms. The van der Waals surface area contributed by atoms with E-state index in [0.717, 1.165) is 0 Å². The van der Waals surface area contributed by atoms with E-state index in [9.17, 15) is 4.39 Å². The monoisotopic (exact) mass is 238 g/mol. The molecule has 0 saturated heterocycles. The van der Waals surface area contributed by atoms with Gasteiger partial charge in [-0.05, 0) is 30.7 Å². The SMILES string of the molecule is Cc1cc(Oc2cncc(Cl)n2)ccc1F. The summed E-state index contributed by atoms with van der Waals surface area (Å²) in [7, 11) is 0. The van der Waals surface area contributed by atoms with E-state index in [2.05, 4.69) is 9.97 Å². The Morgan fingerprint density at radius 2 is 2.12 bits per heavy atom. The first-order valence-electron chi connectivity index (χ1n) is 4.57. The molecule has 0 aliphatic heterocycles. The minimum Gasteiger partial charge on any atom is -0.437 e. The number of aryl methyl sites for hydroxylation is 1. The highest BCUT2D eigenvalue weighted by Crippen LogP contribution is 2.22. The molecule has 2 aromatic rings. The van der Waals surface area contributed by atoms with Gasteiger partial charge < -0.3 is 4.74 Å². The standard InChI is InChI=1S/C11H8ClFN2O/c1-7-4-8(2-3-9(7)13)16-11-6-14-5-10(12)15-11/h2-6H,1H3. The van der Waals surface area contributed by atoms with Crippen LogP contribution in [0.3, 0.4) is 0 Å². The Kier molecular flexibility index (Phi) is 3.01. The van der Waals surface area contributed by atoms with Gasteiger partial charge in [-0.15, -0.1) is 0 Å². The molecule has 0 fully saturated rings. The second-order valence-corrected chi connectivity index (χ2v) is 3.58. The van der Waals surface area contributed by atoms with Gasteiger partial charge >= 0.3 is 0 Å². The highest BCUT2D eigenvalue weighted by atomic mass is 35.5. The molecule has 16 heavy (non-hydrogen) atoms. The maximum atomic E-state index is 13.0. The first-order chi connectivity index (χ1) is 7.65. The topological polar surface area (TPSA) is 35.0 Å². The molecule has 0 atom stereocenters. The zero-order chi connectivity index (χ0) is 11.5. The molecule has 0 N–H and O–H groups in total. The molecular weight excluding hydrogens is 231 g/mol. The Bertz CT molecular complexity index is 519. The average molecular weight is 239 g/mol. The summed E-state index contributed by atoms with van der Waals surface area (Å²) in [4.78, 5) is 7.73. The van der Waals surface area contributed by atoms with Gasteiger partial charge in [0.2, 0.25) is 5.88 Å². The van der Waals surface area contributed by atoms with Gasteiger partial charge in [-0.25, -0.2) is 4.39 Å². The maximum absolute atomic E-state index is 13.0. The van der Waals surface area contributed by atoms with Crippen LogP contribution in [0.2, 0.25) is 5.15 Å². The summed E-state index contributed by atoms with van der Waals surface area (Å²) in [6.07, 6.45) is 2.84. The van der Waals surface area contributed by atoms with Crippen LogP contribution in [-0.4, -0.2) is 9.97 Å². The van der Waals surface area contributed by atoms with Crippen LogP contribution in [0.4, 0.5) is 4.39 Å². The molecule has 0 saturated carbocycles. The quantitative estimate of drug-likeness (QED) is 0.805. The minimum absolute atomic E-state index is 0.247. The summed E-state index contributed by atoms with van der Waals surface area (Å²) < 4.78 is 18.4. The predicted molar refractivity (Wildman–Crippen MR) is 58.3 cm³/mol. The number of benzene rings is 1. The fourth-order valence-corrected chi connectivity index (χ4v) is 1.32. The van der Waals surface area contributed by atoms with Gasteiger partial charge in [0.1, 0.15) is 11.6 Å². The second-order valence-electron chi connectivity index (χ2n) is 3.19. The van der Waals surface area contributed by atoms with Crippen molar-refractivity contribution in [3.05, 3.63) is 47.1 Å². The van der Waals surface area contributed by atoms with Crippen molar-refractivity contribution in [3.8, 4) is 11.6 Å². The molecule has 0 radical (unpaired) electrons. The van der Waals surface area contributed by atoms with E-state index < -0.39 is 0 Å². The van der Waals surface area contributed by atoms with Gasteiger partial charge in [-0.1, -0.05) is 11.6 Å². The molecule has 2 rings (SSSR count). The van der Waals surface area contributed by atoms with Crippen LogP contribution in [-0.2, 0) is 0 Å². The zero-order valence-corrected chi connectivity index (χ0v) is 9.20. The molecule has 1 aromatic carbocycles. The minimum atomic E-state index is -0.274. The number of nitrogens with zero attached hydrogens (tertiary/aromatic N) is 2. The highest BCUT2D eigenvalue weighted by Gasteiger charge is 2.03. The third-order valence-corrected chi connectivity index (χ3v) is 2.12. The summed E-state index contributed by atoms with van der Waals surface area (Å²) in [5.74, 6) is 0.499. The Balaban J connectivity index is 2.24. The lowest BCUT2D eigenvalue weighted by Crippen LogP contribution is -1.91. The molecule has 1 heterocycles. The van der Waals surface area contributed by atoms with Crippen molar-refractivity contribution in [2.24, 2.45) is 0 Å². The van der Waals surface area contributed by atoms with Crippen LogP contribution in [0.15, 0.2) is 30.6 Å². The Morgan fingerprint density at radius 1 is 1.31 bits per heavy atom. The Labute approximate surface area is 96.9 Å². The lowest BCUT2D eigenvalue weighted by atomic mass is 10.2. The van der Waals surface area contributed by atoms with Crippen LogP contribution < -0.4 is 4.74 Å². The molecule has 0 aliphatic rings. The van der Waals surface area contributed by atoms with Crippen molar-refractivity contribution in [2.45, 2.75) is 6.92 Å². The fourth-order valence-electron chi connectivity index (χ4n) is 1.18. The van der Waals surface area contributed by atoms with E-state index >= 15 is 0 Å². The van der Waals surface area contributed by atoms with E-state index in [1.165, 1.54) is 24.5 Å². The molecule has 0 amide bonds. The largest absolute Gasteiger partial charge is 0.437 e. The lowest BCUT2D eigenvalue weighted by molar-refractivity contribution is 0.458. The molecular formula is C11H8ClFN2O. The number of aromatic nitrogens is 2. The van der Waals surface area contributed by atoms with Crippen molar-refractivity contribution in [1.29, 1.82) is 0 Å². The average Bonchev–Trinajstić information content (AvgIpc) is 2.24. The first-order valence-corrected chi connectivity index (χ1v) is 4.94. The van der Waals surface area contributed by atoms with Gasteiger partial charge in [-0.3, -0.25) is 4.98 Å². The van der Waals surface area contributed by atoms with E-state index in [4.69, 9.17) is 16.3 Å². The van der Waals surface area contributed by atoms with Crippen LogP contribution in [0.25, 0.3) is 0 Å². The third kappa shape index (κ3) is 2.46. The summed E-state index contributed by atoms with van der Waals surface area (Å²) in [6, 6.07) is 4.44. The zero-order valence-electron chi connectivity index (χ0n) is 8.45. The van der Waals surface area contributed by atoms with Gasteiger partial charge in [0.05, 0.1) is 12.4 Å². The third-order valence-electron chi connectivity index (χ3n) is 1.93. The van der Waals surface area contributed by atoms with Crippen molar-refractivity contribution in [1.82, 2.24) is 9.97 Å². The van der Waals surface area contributed by atoms with Crippen molar-refractivity contribution in [2.75, 3.05) is 0 Å². The molecule has 3 nitrogen and oxygen atoms in total. The van der Waals surface area contributed by atoms with Crippen molar-refractivity contribution in [3.63, 3.8) is 0 Å². The van der Waals surface area contributed by atoms with E-state index in [1.807, 2.05) is 0 Å². The normalized spacial score (nSPS) is 10.2. The maximum Gasteiger partial charge on any atom is 0.239 e. The summed E-state index contributed by atoms with van der Waals surface area (Å²) in [5, 5.41) is 0.247. The number of hydrogen-bond donors (Lipinski definition) is 0. The number of halogens is 2. The van der Waals surface area contributed by atoms with Crippen molar-refractivity contribution >= 4 is 11.6 Å². The summed E-state index contributed by atoms with van der Waals surface area (Å²) in [6.45, 7) is 1.66. The van der Waals surface area contributed by atoms with Crippen LogP contribution in [0.5, 0.6) is 11.6 Å². The number of hydrogen-bond acceptors (Lipinski definition) is 3. The van der Waals surface area contributed by atoms with Gasteiger partial charge in [0.15, 0.2) is 5.15 Å². The molecule has 0 unspecified atom stereocenters. The molecule has 0 spiro atoms. The number of ether oxygens (including phenoxy) is 1. The smallest absolute Gasteiger partial charge is 0.239 e. The fraction of sp³-hybridized carbons (Fsp3) is 0.0909. The van der Waals surface area contributed by atoms with Crippen LogP contribution in [0.1, 0.15) is 5.56 Å². The van der Waals surface area contributed by atoms with Crippen LogP contribution in [0, 0.1) is 12.7 Å². The first kappa shape index (κ1) is 10.8. The molecule has 1 aromatic heterocycles. The second kappa shape index (κ2) is 4.45. The van der Waals surface area contributed by atoms with Gasteiger partial charge in [-0.2, -0.15) is 4.98 Å². The van der Waals surface area contributed by atoms with Gasteiger partial charge in [0, 0.05) is 0 Å². The molecule has 82 valence electrons. The van der Waals surface area contributed by atoms with E-state index in [0.29, 0.717) is 11.3 Å². The predicted octanol–water partition coefficient (Wildman–Crippen LogP) is 3.37. The van der Waals surface area contributed by atoms with Gasteiger partial charge in [0.25, 0.3) is 0 Å². The highest BCUT2D eigenvalue weighted by molar-refractivity contribution is 6.29. The van der Waals surface area contributed by atoms with E-state index in [1.54, 1.807) is 13.0 Å². The summed E-state index contributed by atoms with van der Waals surface area (Å²) >= 11 is 5.65. The van der Waals surface area contributed by atoms with E-state index in [-0.39, 0.29) is 16.9 Å². The van der Waals surface area contributed by atoms with Crippen molar-refractivity contribution < 1.29 is 9.13 Å².